The van der Waals surface area contributed by atoms with Crippen molar-refractivity contribution in [2.45, 2.75) is 38.5 Å². The number of benzene rings is 25. The molecule has 2 aliphatic carbocycles. The highest BCUT2D eigenvalue weighted by Gasteiger charge is 2.40. The predicted molar refractivity (Wildman–Crippen MR) is 610 cm³/mol. The zero-order valence-electron chi connectivity index (χ0n) is 79.9. The third-order valence-electron chi connectivity index (χ3n) is 31.0. The van der Waals surface area contributed by atoms with E-state index in [4.69, 9.17) is 8.83 Å². The summed E-state index contributed by atoms with van der Waals surface area (Å²) in [6.45, 7) is 9.58. The van der Waals surface area contributed by atoms with Gasteiger partial charge in [0.2, 0.25) is 0 Å². The van der Waals surface area contributed by atoms with E-state index in [1.54, 1.807) is 0 Å². The van der Waals surface area contributed by atoms with Crippen LogP contribution in [0.15, 0.2) is 506 Å². The summed E-state index contributed by atoms with van der Waals surface area (Å²) in [4.78, 5) is 9.78. The number of anilines is 12. The lowest BCUT2D eigenvalue weighted by Crippen LogP contribution is -2.18. The van der Waals surface area contributed by atoms with Gasteiger partial charge >= 0.3 is 0 Å². The first-order chi connectivity index (χ1) is 71.0. The lowest BCUT2D eigenvalue weighted by Gasteiger charge is -2.30. The molecule has 0 aliphatic heterocycles. The van der Waals surface area contributed by atoms with Crippen molar-refractivity contribution < 1.29 is 8.83 Å². The van der Waals surface area contributed by atoms with E-state index in [9.17, 15) is 0 Å². The Labute approximate surface area is 834 Å². The quantitative estimate of drug-likeness (QED) is 0.101. The Bertz CT molecular complexity index is 9850. The maximum Gasteiger partial charge on any atom is 0.143 e. The molecule has 2 aromatic heterocycles. The molecule has 0 radical (unpaired) electrons. The molecule has 2 heterocycles. The van der Waals surface area contributed by atoms with Crippen molar-refractivity contribution in [2.75, 3.05) is 19.6 Å². The summed E-state index contributed by atoms with van der Waals surface area (Å²) in [7, 11) is 0. The maximum absolute atomic E-state index is 6.67. The van der Waals surface area contributed by atoms with E-state index in [1.807, 2.05) is 12.1 Å². The second-order valence-electron chi connectivity index (χ2n) is 39.6. The molecular formula is C138H94N4O2. The summed E-state index contributed by atoms with van der Waals surface area (Å²) in [6.07, 6.45) is 0. The summed E-state index contributed by atoms with van der Waals surface area (Å²) < 4.78 is 13.3. The Kier molecular flexibility index (Phi) is 19.3. The predicted octanol–water partition coefficient (Wildman–Crippen LogP) is 39.4. The van der Waals surface area contributed by atoms with E-state index in [0.717, 1.165) is 156 Å². The average molecular weight is 1840 g/mol. The van der Waals surface area contributed by atoms with E-state index < -0.39 is 0 Å². The fourth-order valence-electron chi connectivity index (χ4n) is 24.3. The lowest BCUT2D eigenvalue weighted by atomic mass is 9.82. The minimum atomic E-state index is -0.320. The van der Waals surface area contributed by atoms with Gasteiger partial charge in [0.15, 0.2) is 0 Å². The van der Waals surface area contributed by atoms with Crippen LogP contribution in [-0.2, 0) is 10.8 Å². The fourth-order valence-corrected chi connectivity index (χ4v) is 24.3. The van der Waals surface area contributed by atoms with Gasteiger partial charge in [-0.15, -0.1) is 0 Å². The zero-order chi connectivity index (χ0) is 95.6. The Hall–Kier alpha value is -18.4. The normalized spacial score (nSPS) is 12.8. The Morgan fingerprint density at radius 2 is 0.396 bits per heavy atom. The molecule has 0 fully saturated rings. The van der Waals surface area contributed by atoms with Gasteiger partial charge in [0.25, 0.3) is 0 Å². The molecule has 0 saturated heterocycles. The van der Waals surface area contributed by atoms with Gasteiger partial charge in [0.05, 0.1) is 17.1 Å². The van der Waals surface area contributed by atoms with Crippen LogP contribution in [-0.4, -0.2) is 0 Å². The van der Waals surface area contributed by atoms with E-state index in [-0.39, 0.29) is 10.8 Å². The number of para-hydroxylation sites is 7. The first kappa shape index (κ1) is 83.8. The third kappa shape index (κ3) is 13.2. The standard InChI is InChI=1S/C71H48N2O.C67H46N2O/c1-71(2)65-43-48(72(46-20-4-3-5-21-46)67-32-16-19-45-18-6-7-22-50(45)67)35-38-58(65)59-39-36-49(44-66(59)71)73(47-34-37-57-53-25-9-8-23-51(53)52-24-10-11-27-55(52)64(57)42-47)68-41-40-56(54-26-12-13-28-60(54)68)62-30-17-31-63-61-29-14-15-33-69(61)74-70(62)63;1-67(2)62-41-46(68(43-18-5-3-6-19-43)44-20-7-4-8-21-44)33-36-55(62)56-37-34-47(42-63(56)67)69(45-32-35-54-50-24-10-9-22-48(50)49-23-11-12-26-52(49)61(54)40-45)64-39-38-53(51-25-13-14-27-57(51)64)59-29-17-30-60-58-28-15-16-31-65(58)70-66(59)60/h3-44H,1-2H3;3-42H,1-2H3. The molecule has 2 aliphatic rings. The summed E-state index contributed by atoms with van der Waals surface area (Å²) in [5.74, 6) is 0. The van der Waals surface area contributed by atoms with Crippen molar-refractivity contribution >= 4 is 209 Å². The van der Waals surface area contributed by atoms with Gasteiger partial charge in [0, 0.05) is 111 Å². The smallest absolute Gasteiger partial charge is 0.143 e. The Morgan fingerprint density at radius 3 is 0.778 bits per heavy atom. The molecule has 0 bridgehead atoms. The molecule has 0 spiro atoms. The fraction of sp³-hybridized carbons (Fsp3) is 0.0435. The van der Waals surface area contributed by atoms with Crippen LogP contribution in [0.4, 0.5) is 68.2 Å². The maximum atomic E-state index is 6.67. The van der Waals surface area contributed by atoms with E-state index >= 15 is 0 Å². The Morgan fingerprint density at radius 1 is 0.146 bits per heavy atom. The van der Waals surface area contributed by atoms with Crippen LogP contribution in [0.25, 0.3) is 185 Å². The first-order valence-corrected chi connectivity index (χ1v) is 49.9. The van der Waals surface area contributed by atoms with Gasteiger partial charge in [0.1, 0.15) is 22.3 Å². The molecular weight excluding hydrogens is 1750 g/mol. The summed E-state index contributed by atoms with van der Waals surface area (Å²) >= 11 is 0. The van der Waals surface area contributed by atoms with Crippen molar-refractivity contribution in [2.24, 2.45) is 0 Å². The average Bonchev–Trinajstić information content (AvgIpc) is 1.52. The van der Waals surface area contributed by atoms with E-state index in [1.165, 1.54) is 120 Å². The van der Waals surface area contributed by atoms with Crippen LogP contribution < -0.4 is 19.6 Å². The second kappa shape index (κ2) is 33.2. The van der Waals surface area contributed by atoms with Crippen LogP contribution >= 0.6 is 0 Å². The molecule has 0 unspecified atom stereocenters. The van der Waals surface area contributed by atoms with Gasteiger partial charge in [-0.1, -0.05) is 386 Å². The van der Waals surface area contributed by atoms with Crippen LogP contribution in [0.5, 0.6) is 0 Å². The number of rotatable bonds is 14. The lowest BCUT2D eigenvalue weighted by molar-refractivity contribution is 0.660. The number of nitrogens with zero attached hydrogens (tertiary/aromatic N) is 4. The molecule has 678 valence electrons. The minimum Gasteiger partial charge on any atom is -0.455 e. The molecule has 6 heteroatoms. The highest BCUT2D eigenvalue weighted by atomic mass is 16.3. The van der Waals surface area contributed by atoms with Crippen molar-refractivity contribution in [3.8, 4) is 44.5 Å². The third-order valence-corrected chi connectivity index (χ3v) is 31.0. The Balaban J connectivity index is 0.000000140. The zero-order valence-corrected chi connectivity index (χ0v) is 79.9. The van der Waals surface area contributed by atoms with Gasteiger partial charge in [-0.2, -0.15) is 0 Å². The molecule has 0 N–H and O–H groups in total. The molecule has 6 nitrogen and oxygen atoms in total. The molecule has 25 aromatic carbocycles. The van der Waals surface area contributed by atoms with Crippen LogP contribution in [0, 0.1) is 0 Å². The molecule has 29 rings (SSSR count). The van der Waals surface area contributed by atoms with Crippen LogP contribution in [0.3, 0.4) is 0 Å². The van der Waals surface area contributed by atoms with Crippen LogP contribution in [0.1, 0.15) is 49.9 Å². The van der Waals surface area contributed by atoms with Crippen molar-refractivity contribution in [1.29, 1.82) is 0 Å². The molecule has 144 heavy (non-hydrogen) atoms. The molecule has 0 saturated carbocycles. The number of hydrogen-bond donors (Lipinski definition) is 0. The largest absolute Gasteiger partial charge is 0.455 e. The highest BCUT2D eigenvalue weighted by Crippen LogP contribution is 2.58. The monoisotopic (exact) mass is 1840 g/mol. The van der Waals surface area contributed by atoms with Crippen molar-refractivity contribution in [1.82, 2.24) is 0 Å². The van der Waals surface area contributed by atoms with Gasteiger partial charge in [-0.25, -0.2) is 0 Å². The van der Waals surface area contributed by atoms with Gasteiger partial charge in [-0.05, 0) is 276 Å². The summed E-state index contributed by atoms with van der Waals surface area (Å²) in [5.41, 5.74) is 31.2. The van der Waals surface area contributed by atoms with Crippen LogP contribution in [0.2, 0.25) is 0 Å². The molecule has 0 atom stereocenters. The second-order valence-corrected chi connectivity index (χ2v) is 39.6. The first-order valence-electron chi connectivity index (χ1n) is 49.9. The van der Waals surface area contributed by atoms with E-state index in [2.05, 4.69) is 533 Å². The van der Waals surface area contributed by atoms with E-state index in [0.29, 0.717) is 0 Å². The van der Waals surface area contributed by atoms with Crippen molar-refractivity contribution in [3.05, 3.63) is 520 Å². The minimum absolute atomic E-state index is 0.295. The van der Waals surface area contributed by atoms with Gasteiger partial charge < -0.3 is 28.4 Å². The molecule has 27 aromatic rings. The summed E-state index contributed by atoms with van der Waals surface area (Å²) in [5, 5.41) is 26.6. The number of furan rings is 2. The van der Waals surface area contributed by atoms with Crippen molar-refractivity contribution in [3.63, 3.8) is 0 Å². The van der Waals surface area contributed by atoms with Gasteiger partial charge in [-0.3, -0.25) is 0 Å². The topological polar surface area (TPSA) is 39.2 Å². The molecule has 0 amide bonds. The number of fused-ring (bicyclic) bond motifs is 27. The summed E-state index contributed by atoms with van der Waals surface area (Å²) in [6, 6.07) is 182. The SMILES string of the molecule is CC1(C)c2cc(N(c3ccccc3)c3cccc4ccccc34)ccc2-c2ccc(N(c3ccc4c5ccccc5c5ccccc5c4c3)c3ccc(-c4cccc5c4oc4ccccc45)c4ccccc34)cc21.CC1(C)c2cc(N(c3ccccc3)c3ccccc3)ccc2-c2ccc(N(c3ccc4c5ccccc5c5ccccc5c4c3)c3ccc(-c4cccc5c4oc4ccccc45)c4ccccc34)cc21. The highest BCUT2D eigenvalue weighted by molar-refractivity contribution is 6.28. The number of hydrogen-bond acceptors (Lipinski definition) is 6.